The number of para-hydroxylation sites is 1. The van der Waals surface area contributed by atoms with Gasteiger partial charge in [0.1, 0.15) is 0 Å². The zero-order valence-electron chi connectivity index (χ0n) is 10.8. The van der Waals surface area contributed by atoms with Crippen LogP contribution in [0.4, 0.5) is 17.1 Å². The number of nitrogens with two attached hydrogens (primary N) is 1. The van der Waals surface area contributed by atoms with E-state index in [0.29, 0.717) is 0 Å². The second-order valence-corrected chi connectivity index (χ2v) is 6.11. The van der Waals surface area contributed by atoms with Gasteiger partial charge in [0.25, 0.3) is 0 Å². The van der Waals surface area contributed by atoms with Crippen molar-refractivity contribution < 1.29 is 0 Å². The average molecular weight is 364 g/mol. The van der Waals surface area contributed by atoms with Gasteiger partial charge in [-0.2, -0.15) is 0 Å². The summed E-state index contributed by atoms with van der Waals surface area (Å²) in [7, 11) is 0. The Kier molecular flexibility index (Phi) is 3.64. The molecule has 2 aromatic rings. The molecular weight excluding hydrogens is 347 g/mol. The molecule has 0 saturated heterocycles. The number of aryl methyl sites for hydroxylation is 1. The molecule has 0 saturated carbocycles. The molecule has 0 fully saturated rings. The minimum Gasteiger partial charge on any atom is -0.399 e. The lowest BCUT2D eigenvalue weighted by atomic mass is 10.1. The normalized spacial score (nSPS) is 14.9. The number of nitrogens with zero attached hydrogens (tertiary/aromatic N) is 1. The van der Waals surface area contributed by atoms with Crippen LogP contribution >= 0.6 is 22.6 Å². The van der Waals surface area contributed by atoms with Crippen LogP contribution in [0.2, 0.25) is 0 Å². The Labute approximate surface area is 127 Å². The van der Waals surface area contributed by atoms with Gasteiger partial charge in [-0.25, -0.2) is 0 Å². The molecule has 0 aliphatic carbocycles. The van der Waals surface area contributed by atoms with E-state index in [4.69, 9.17) is 5.73 Å². The molecule has 1 aliphatic rings. The number of benzene rings is 2. The van der Waals surface area contributed by atoms with E-state index >= 15 is 0 Å². The molecule has 98 valence electrons. The van der Waals surface area contributed by atoms with E-state index in [1.807, 2.05) is 12.1 Å². The summed E-state index contributed by atoms with van der Waals surface area (Å²) in [5.74, 6) is 0. The van der Waals surface area contributed by atoms with Crippen LogP contribution in [-0.2, 0) is 6.42 Å². The van der Waals surface area contributed by atoms with Gasteiger partial charge in [0.05, 0.1) is 5.69 Å². The third kappa shape index (κ3) is 2.56. The molecule has 19 heavy (non-hydrogen) atoms. The van der Waals surface area contributed by atoms with Gasteiger partial charge < -0.3 is 10.6 Å². The average Bonchev–Trinajstić information content (AvgIpc) is 2.61. The Morgan fingerprint density at radius 1 is 1.00 bits per heavy atom. The van der Waals surface area contributed by atoms with E-state index < -0.39 is 0 Å². The summed E-state index contributed by atoms with van der Waals surface area (Å²) in [4.78, 5) is 2.43. The number of halogens is 1. The standard InChI is InChI=1S/C16H17IN2/c17-14-11-13(18)8-9-16(14)19-10-4-3-6-12-5-1-2-7-15(12)19/h1-2,5,7-9,11H,3-4,6,10,18H2. The second-order valence-electron chi connectivity index (χ2n) is 4.95. The van der Waals surface area contributed by atoms with E-state index in [1.165, 1.54) is 39.8 Å². The van der Waals surface area contributed by atoms with Gasteiger partial charge >= 0.3 is 0 Å². The molecule has 0 bridgehead atoms. The summed E-state index contributed by atoms with van der Waals surface area (Å²) in [6.07, 6.45) is 3.67. The van der Waals surface area contributed by atoms with Gasteiger partial charge in [-0.15, -0.1) is 0 Å². The first-order valence-electron chi connectivity index (χ1n) is 6.66. The van der Waals surface area contributed by atoms with Crippen molar-refractivity contribution in [2.45, 2.75) is 19.3 Å². The fourth-order valence-electron chi connectivity index (χ4n) is 2.68. The highest BCUT2D eigenvalue weighted by Crippen LogP contribution is 2.35. The second kappa shape index (κ2) is 5.41. The third-order valence-electron chi connectivity index (χ3n) is 3.62. The van der Waals surface area contributed by atoms with Crippen LogP contribution in [0.15, 0.2) is 42.5 Å². The molecule has 3 heteroatoms. The molecule has 0 atom stereocenters. The van der Waals surface area contributed by atoms with Gasteiger partial charge in [-0.3, -0.25) is 0 Å². The lowest BCUT2D eigenvalue weighted by Gasteiger charge is -2.26. The van der Waals surface area contributed by atoms with E-state index in [2.05, 4.69) is 57.8 Å². The molecule has 0 spiro atoms. The van der Waals surface area contributed by atoms with Crippen molar-refractivity contribution in [3.8, 4) is 0 Å². The molecular formula is C16H17IN2. The number of nitrogen functional groups attached to an aromatic ring is 1. The summed E-state index contributed by atoms with van der Waals surface area (Å²) < 4.78 is 1.22. The summed E-state index contributed by atoms with van der Waals surface area (Å²) in [5, 5.41) is 0. The van der Waals surface area contributed by atoms with Crippen LogP contribution in [0.25, 0.3) is 0 Å². The minimum absolute atomic E-state index is 0.830. The van der Waals surface area contributed by atoms with Crippen molar-refractivity contribution in [3.05, 3.63) is 51.6 Å². The number of hydrogen-bond acceptors (Lipinski definition) is 2. The SMILES string of the molecule is Nc1ccc(N2CCCCc3ccccc32)c(I)c1. The summed E-state index contributed by atoms with van der Waals surface area (Å²) >= 11 is 2.38. The van der Waals surface area contributed by atoms with Crippen LogP contribution < -0.4 is 10.6 Å². The van der Waals surface area contributed by atoms with Crippen molar-refractivity contribution in [3.63, 3.8) is 0 Å². The van der Waals surface area contributed by atoms with E-state index in [0.717, 1.165) is 12.2 Å². The number of anilines is 3. The predicted octanol–water partition coefficient (Wildman–Crippen LogP) is 4.35. The van der Waals surface area contributed by atoms with Gasteiger partial charge in [0, 0.05) is 21.5 Å². The van der Waals surface area contributed by atoms with E-state index in [9.17, 15) is 0 Å². The lowest BCUT2D eigenvalue weighted by Crippen LogP contribution is -2.19. The number of fused-ring (bicyclic) bond motifs is 1. The number of rotatable bonds is 1. The Morgan fingerprint density at radius 2 is 1.84 bits per heavy atom. The quantitative estimate of drug-likeness (QED) is 0.602. The first-order chi connectivity index (χ1) is 9.25. The molecule has 1 aliphatic heterocycles. The maximum atomic E-state index is 5.86. The van der Waals surface area contributed by atoms with Crippen molar-refractivity contribution >= 4 is 39.7 Å². The van der Waals surface area contributed by atoms with Gasteiger partial charge in [-0.05, 0) is 71.7 Å². The highest BCUT2D eigenvalue weighted by Gasteiger charge is 2.18. The highest BCUT2D eigenvalue weighted by molar-refractivity contribution is 14.1. The molecule has 2 N–H and O–H groups in total. The van der Waals surface area contributed by atoms with Crippen molar-refractivity contribution in [2.75, 3.05) is 17.2 Å². The molecule has 3 rings (SSSR count). The highest BCUT2D eigenvalue weighted by atomic mass is 127. The summed E-state index contributed by atoms with van der Waals surface area (Å²) in [6.45, 7) is 1.08. The largest absolute Gasteiger partial charge is 0.399 e. The van der Waals surface area contributed by atoms with Crippen molar-refractivity contribution in [1.82, 2.24) is 0 Å². The predicted molar refractivity (Wildman–Crippen MR) is 90.0 cm³/mol. The maximum Gasteiger partial charge on any atom is 0.0547 e. The molecule has 0 unspecified atom stereocenters. The lowest BCUT2D eigenvalue weighted by molar-refractivity contribution is 0.760. The first kappa shape index (κ1) is 12.8. The zero-order valence-corrected chi connectivity index (χ0v) is 12.9. The van der Waals surface area contributed by atoms with E-state index in [1.54, 1.807) is 0 Å². The molecule has 0 aromatic heterocycles. The Balaban J connectivity index is 2.09. The van der Waals surface area contributed by atoms with Crippen LogP contribution in [0.5, 0.6) is 0 Å². The zero-order chi connectivity index (χ0) is 13.2. The van der Waals surface area contributed by atoms with Crippen LogP contribution in [0.3, 0.4) is 0 Å². The van der Waals surface area contributed by atoms with E-state index in [-0.39, 0.29) is 0 Å². The third-order valence-corrected chi connectivity index (χ3v) is 4.49. The Bertz CT molecular complexity index is 595. The topological polar surface area (TPSA) is 29.3 Å². The van der Waals surface area contributed by atoms with Gasteiger partial charge in [-0.1, -0.05) is 18.2 Å². The molecule has 2 nitrogen and oxygen atoms in total. The van der Waals surface area contributed by atoms with Crippen molar-refractivity contribution in [1.29, 1.82) is 0 Å². The molecule has 2 aromatic carbocycles. The van der Waals surface area contributed by atoms with Crippen LogP contribution in [0, 0.1) is 3.57 Å². The summed E-state index contributed by atoms with van der Waals surface area (Å²) in [5.41, 5.74) is 10.8. The van der Waals surface area contributed by atoms with Crippen LogP contribution in [-0.4, -0.2) is 6.54 Å². The molecule has 0 amide bonds. The smallest absolute Gasteiger partial charge is 0.0547 e. The monoisotopic (exact) mass is 364 g/mol. The summed E-state index contributed by atoms with van der Waals surface area (Å²) in [6, 6.07) is 14.9. The van der Waals surface area contributed by atoms with Gasteiger partial charge in [0.15, 0.2) is 0 Å². The molecule has 1 heterocycles. The number of hydrogen-bond donors (Lipinski definition) is 1. The van der Waals surface area contributed by atoms with Gasteiger partial charge in [0.2, 0.25) is 0 Å². The Hall–Kier alpha value is -1.23. The fraction of sp³-hybridized carbons (Fsp3) is 0.250. The first-order valence-corrected chi connectivity index (χ1v) is 7.74. The molecule has 0 radical (unpaired) electrons. The van der Waals surface area contributed by atoms with Crippen LogP contribution in [0.1, 0.15) is 18.4 Å². The fourth-order valence-corrected chi connectivity index (χ4v) is 3.51. The Morgan fingerprint density at radius 3 is 2.68 bits per heavy atom. The minimum atomic E-state index is 0.830. The van der Waals surface area contributed by atoms with Crippen molar-refractivity contribution in [2.24, 2.45) is 0 Å². The maximum absolute atomic E-state index is 5.86.